The van der Waals surface area contributed by atoms with Gasteiger partial charge in [-0.05, 0) is 12.8 Å². The van der Waals surface area contributed by atoms with Crippen LogP contribution in [0.5, 0.6) is 0 Å². The quantitative estimate of drug-likeness (QED) is 0.224. The van der Waals surface area contributed by atoms with Crippen molar-refractivity contribution in [3.8, 4) is 0 Å². The molecule has 2 saturated heterocycles. The second-order valence-corrected chi connectivity index (χ2v) is 8.24. The topological polar surface area (TPSA) is 186 Å². The van der Waals surface area contributed by atoms with Crippen molar-refractivity contribution in [1.29, 1.82) is 5.41 Å². The number of hydrogen-bond donors (Lipinski definition) is 4. The summed E-state index contributed by atoms with van der Waals surface area (Å²) in [6.07, 6.45) is 0.418. The van der Waals surface area contributed by atoms with Crippen LogP contribution in [0.15, 0.2) is 0 Å². The number of amides is 3. The average molecular weight is 399 g/mol. The largest absolute Gasteiger partial charge is 0.418 e. The molecule has 2 rings (SSSR count). The molecule has 2 aliphatic heterocycles. The number of sulfonamides is 1. The molecule has 2 aliphatic rings. The predicted octanol–water partition coefficient (Wildman–Crippen LogP) is -2.02. The molecular weight excluding hydrogens is 382 g/mol. The molecule has 3 amide bonds. The van der Waals surface area contributed by atoms with Crippen molar-refractivity contribution >= 4 is 38.2 Å². The minimum Gasteiger partial charge on any atom is -0.341 e. The number of hydrogen-bond acceptors (Lipinski definition) is 8. The van der Waals surface area contributed by atoms with Gasteiger partial charge >= 0.3 is 16.4 Å². The maximum atomic E-state index is 12.2. The number of nitrogens with one attached hydrogen (secondary N) is 3. The zero-order valence-corrected chi connectivity index (χ0v) is 14.6. The number of hydroxylamine groups is 2. The lowest BCUT2D eigenvalue weighted by atomic mass is 10.0. The maximum absolute atomic E-state index is 12.2. The second kappa shape index (κ2) is 6.74. The van der Waals surface area contributed by atoms with Gasteiger partial charge in [-0.25, -0.2) is 13.2 Å². The normalized spacial score (nSPS) is 23.5. The van der Waals surface area contributed by atoms with Crippen molar-refractivity contribution in [3.63, 3.8) is 0 Å². The van der Waals surface area contributed by atoms with Crippen LogP contribution in [-0.2, 0) is 29.5 Å². The zero-order chi connectivity index (χ0) is 19.0. The van der Waals surface area contributed by atoms with Gasteiger partial charge in [0.1, 0.15) is 11.7 Å². The summed E-state index contributed by atoms with van der Waals surface area (Å²) in [7, 11) is -8.92. The number of carbonyl (C=O) groups is 2. The molecule has 0 radical (unpaired) electrons. The Hall–Kier alpha value is -1.97. The standard InChI is InChI=1S/C10H17N5O8S2/c1-6(16)12-5-24(18,19)13-9(11)8-3-2-7-4-14(8)10(17)15(7)23-25(20,21)22/h7-8H,2-5H2,1H3,(H2,11,13)(H,12,16)(H,20,21,22). The third-order valence-electron chi connectivity index (χ3n) is 3.61. The van der Waals surface area contributed by atoms with Gasteiger partial charge < -0.3 is 10.2 Å². The van der Waals surface area contributed by atoms with E-state index in [1.54, 1.807) is 0 Å². The van der Waals surface area contributed by atoms with Crippen LogP contribution in [0.3, 0.4) is 0 Å². The van der Waals surface area contributed by atoms with Crippen LogP contribution >= 0.6 is 0 Å². The Morgan fingerprint density at radius 1 is 1.36 bits per heavy atom. The maximum Gasteiger partial charge on any atom is 0.418 e. The number of piperidine rings is 1. The lowest BCUT2D eigenvalue weighted by Gasteiger charge is -2.30. The first-order valence-corrected chi connectivity index (χ1v) is 10.0. The Morgan fingerprint density at radius 2 is 2.00 bits per heavy atom. The molecule has 0 aromatic rings. The molecule has 2 heterocycles. The van der Waals surface area contributed by atoms with Crippen molar-refractivity contribution in [3.05, 3.63) is 0 Å². The fraction of sp³-hybridized carbons (Fsp3) is 0.700. The highest BCUT2D eigenvalue weighted by Gasteiger charge is 2.48. The fourth-order valence-electron chi connectivity index (χ4n) is 2.60. The van der Waals surface area contributed by atoms with Gasteiger partial charge in [-0.2, -0.15) is 13.5 Å². The van der Waals surface area contributed by atoms with Crippen molar-refractivity contribution < 1.29 is 35.3 Å². The van der Waals surface area contributed by atoms with Crippen molar-refractivity contribution in [1.82, 2.24) is 20.0 Å². The highest BCUT2D eigenvalue weighted by Crippen LogP contribution is 2.30. The second-order valence-electron chi connectivity index (χ2n) is 5.52. The van der Waals surface area contributed by atoms with E-state index in [4.69, 9.17) is 9.96 Å². The molecule has 142 valence electrons. The lowest BCUT2D eigenvalue weighted by Crippen LogP contribution is -2.51. The summed E-state index contributed by atoms with van der Waals surface area (Å²) in [5, 5.41) is 10.5. The summed E-state index contributed by atoms with van der Waals surface area (Å²) in [5.41, 5.74) is 0. The molecule has 0 aromatic carbocycles. The predicted molar refractivity (Wildman–Crippen MR) is 81.9 cm³/mol. The van der Waals surface area contributed by atoms with Crippen LogP contribution in [0.2, 0.25) is 0 Å². The molecule has 0 saturated carbocycles. The summed E-state index contributed by atoms with van der Waals surface area (Å²) in [6.45, 7) is 1.14. The number of amidine groups is 1. The monoisotopic (exact) mass is 399 g/mol. The smallest absolute Gasteiger partial charge is 0.341 e. The van der Waals surface area contributed by atoms with Gasteiger partial charge in [0.15, 0.2) is 0 Å². The van der Waals surface area contributed by atoms with Crippen molar-refractivity contribution in [2.24, 2.45) is 0 Å². The Kier molecular flexibility index (Phi) is 5.22. The summed E-state index contributed by atoms with van der Waals surface area (Å²) in [4.78, 5) is 24.0. The van der Waals surface area contributed by atoms with Gasteiger partial charge in [0.25, 0.3) is 10.0 Å². The minimum atomic E-state index is -4.89. The Bertz CT molecular complexity index is 794. The van der Waals surface area contributed by atoms with Crippen molar-refractivity contribution in [2.75, 3.05) is 12.4 Å². The first kappa shape index (κ1) is 19.4. The number of urea groups is 1. The molecule has 4 N–H and O–H groups in total. The van der Waals surface area contributed by atoms with E-state index >= 15 is 0 Å². The van der Waals surface area contributed by atoms with Crippen LogP contribution in [0.1, 0.15) is 19.8 Å². The van der Waals surface area contributed by atoms with E-state index in [0.717, 1.165) is 11.8 Å². The molecule has 0 aliphatic carbocycles. The SMILES string of the molecule is CC(=O)NCS(=O)(=O)NC(=N)C1CCC2CN1C(=O)N2OS(=O)(=O)O. The number of fused-ring (bicyclic) bond motifs is 2. The van der Waals surface area contributed by atoms with E-state index in [1.165, 1.54) is 0 Å². The molecule has 2 atom stereocenters. The summed E-state index contributed by atoms with van der Waals surface area (Å²) < 4.78 is 60.1. The Morgan fingerprint density at radius 3 is 2.56 bits per heavy atom. The molecule has 0 aromatic heterocycles. The van der Waals surface area contributed by atoms with Gasteiger partial charge in [-0.15, -0.1) is 4.28 Å². The summed E-state index contributed by atoms with van der Waals surface area (Å²) >= 11 is 0. The van der Waals surface area contributed by atoms with Gasteiger partial charge in [0.2, 0.25) is 5.91 Å². The molecule has 2 unspecified atom stereocenters. The fourth-order valence-corrected chi connectivity index (χ4v) is 3.92. The lowest BCUT2D eigenvalue weighted by molar-refractivity contribution is -0.118. The molecule has 25 heavy (non-hydrogen) atoms. The van der Waals surface area contributed by atoms with Crippen LogP contribution in [0, 0.1) is 5.41 Å². The molecule has 0 spiro atoms. The Balaban J connectivity index is 2.06. The van der Waals surface area contributed by atoms with Crippen molar-refractivity contribution in [2.45, 2.75) is 31.8 Å². The van der Waals surface area contributed by atoms with Gasteiger partial charge in [-0.3, -0.25) is 19.5 Å². The summed E-state index contributed by atoms with van der Waals surface area (Å²) in [5.74, 6) is -1.79. The third-order valence-corrected chi connectivity index (χ3v) is 5.01. The molecule has 2 fully saturated rings. The van der Waals surface area contributed by atoms with Gasteiger partial charge in [0, 0.05) is 13.5 Å². The molecular formula is C10H17N5O8S2. The molecule has 15 heteroatoms. The molecule has 2 bridgehead atoms. The van der Waals surface area contributed by atoms with Gasteiger partial charge in [-0.1, -0.05) is 0 Å². The first-order chi connectivity index (χ1) is 11.4. The van der Waals surface area contributed by atoms with Crippen LogP contribution in [0.25, 0.3) is 0 Å². The minimum absolute atomic E-state index is 0.00875. The van der Waals surface area contributed by atoms with E-state index in [1.807, 2.05) is 4.72 Å². The van der Waals surface area contributed by atoms with E-state index in [9.17, 15) is 26.4 Å². The highest BCUT2D eigenvalue weighted by molar-refractivity contribution is 7.90. The van der Waals surface area contributed by atoms with Gasteiger partial charge in [0.05, 0.1) is 12.1 Å². The van der Waals surface area contributed by atoms with Crippen LogP contribution in [0.4, 0.5) is 4.79 Å². The third kappa shape index (κ3) is 4.77. The number of rotatable bonds is 6. The van der Waals surface area contributed by atoms with E-state index in [2.05, 4.69) is 9.60 Å². The van der Waals surface area contributed by atoms with E-state index < -0.39 is 56.2 Å². The highest BCUT2D eigenvalue weighted by atomic mass is 32.3. The Labute approximate surface area is 143 Å². The summed E-state index contributed by atoms with van der Waals surface area (Å²) in [6, 6.07) is -2.49. The van der Waals surface area contributed by atoms with Crippen LogP contribution < -0.4 is 10.0 Å². The van der Waals surface area contributed by atoms with E-state index in [-0.39, 0.29) is 19.4 Å². The molecule has 13 nitrogen and oxygen atoms in total. The average Bonchev–Trinajstić information content (AvgIpc) is 2.68. The van der Waals surface area contributed by atoms with E-state index in [0.29, 0.717) is 5.06 Å². The zero-order valence-electron chi connectivity index (χ0n) is 13.0. The number of nitrogens with zero attached hydrogens (tertiary/aromatic N) is 2. The van der Waals surface area contributed by atoms with Crippen LogP contribution in [-0.4, -0.2) is 73.6 Å². The number of carbonyl (C=O) groups excluding carboxylic acids is 2. The first-order valence-electron chi connectivity index (χ1n) is 7.00.